The molecule has 0 aromatic heterocycles. The van der Waals surface area contributed by atoms with E-state index in [1.807, 2.05) is 72.6 Å². The van der Waals surface area contributed by atoms with E-state index < -0.39 is 0 Å². The summed E-state index contributed by atoms with van der Waals surface area (Å²) in [6.45, 7) is 25.9. The Morgan fingerprint density at radius 3 is 2.04 bits per heavy atom. The maximum absolute atomic E-state index is 11.2. The van der Waals surface area contributed by atoms with E-state index >= 15 is 0 Å². The van der Waals surface area contributed by atoms with Crippen molar-refractivity contribution in [2.45, 2.75) is 101 Å². The molecule has 0 bridgehead atoms. The highest BCUT2D eigenvalue weighted by atomic mass is 35.5. The maximum atomic E-state index is 11.2. The van der Waals surface area contributed by atoms with Gasteiger partial charge in [-0.25, -0.2) is 0 Å². The third kappa shape index (κ3) is 20.8. The average Bonchev–Trinajstić information content (AvgIpc) is 3.11. The topological polar surface area (TPSA) is 58.5 Å². The largest absolute Gasteiger partial charge is 0.376 e. The lowest BCUT2D eigenvalue weighted by molar-refractivity contribution is -0.117. The number of allylic oxidation sites excluding steroid dienone is 6. The minimum atomic E-state index is 0.218. The number of thioether (sulfide) groups is 1. The maximum Gasteiger partial charge on any atom is 0.130 e. The molecule has 0 saturated carbocycles. The van der Waals surface area contributed by atoms with E-state index in [2.05, 4.69) is 92.4 Å². The number of anilines is 1. The van der Waals surface area contributed by atoms with Crippen LogP contribution in [0.5, 0.6) is 0 Å². The Labute approximate surface area is 291 Å². The average molecular weight is 669 g/mol. The second kappa shape index (κ2) is 33.2. The Balaban J connectivity index is -0.00000114. The highest BCUT2D eigenvalue weighted by Gasteiger charge is 2.21. The van der Waals surface area contributed by atoms with Crippen molar-refractivity contribution in [1.29, 1.82) is 0 Å². The predicted molar refractivity (Wildman–Crippen MR) is 211 cm³/mol. The third-order valence-electron chi connectivity index (χ3n) is 6.06. The van der Waals surface area contributed by atoms with Crippen LogP contribution in [0, 0.1) is 5.92 Å². The molecule has 3 rings (SSSR count). The zero-order valence-electron chi connectivity index (χ0n) is 30.3. The molecule has 2 aromatic rings. The predicted octanol–water partition coefficient (Wildman–Crippen LogP) is 12.7. The van der Waals surface area contributed by atoms with Crippen LogP contribution in [-0.2, 0) is 16.0 Å². The van der Waals surface area contributed by atoms with E-state index in [4.69, 9.17) is 16.4 Å². The third-order valence-corrected chi connectivity index (χ3v) is 7.35. The van der Waals surface area contributed by atoms with Crippen molar-refractivity contribution in [3.63, 3.8) is 0 Å². The van der Waals surface area contributed by atoms with Crippen molar-refractivity contribution in [2.24, 2.45) is 10.9 Å². The Hall–Kier alpha value is -3.15. The van der Waals surface area contributed by atoms with Gasteiger partial charge < -0.3 is 14.9 Å². The van der Waals surface area contributed by atoms with Crippen molar-refractivity contribution < 1.29 is 9.59 Å². The Bertz CT molecular complexity index is 1170. The molecule has 6 heteroatoms. The number of carbonyl (C=O) groups excluding carboxylic acids is 2. The number of Topliss-reactive ketones (excluding diaryl/α,β-unsaturated/α-hetero) is 1. The van der Waals surface area contributed by atoms with Gasteiger partial charge in [-0.3, -0.25) is 4.99 Å². The van der Waals surface area contributed by atoms with Crippen LogP contribution in [-0.4, -0.2) is 25.2 Å². The van der Waals surface area contributed by atoms with Crippen LogP contribution in [0.1, 0.15) is 106 Å². The van der Waals surface area contributed by atoms with E-state index in [0.717, 1.165) is 45.3 Å². The minimum Gasteiger partial charge on any atom is -0.376 e. The molecule has 46 heavy (non-hydrogen) atoms. The number of hydrogen-bond acceptors (Lipinski definition) is 5. The summed E-state index contributed by atoms with van der Waals surface area (Å²) >= 11 is 7.95. The number of ketones is 1. The first-order valence-electron chi connectivity index (χ1n) is 16.6. The van der Waals surface area contributed by atoms with E-state index in [0.29, 0.717) is 12.3 Å². The molecule has 0 heterocycles. The van der Waals surface area contributed by atoms with Gasteiger partial charge >= 0.3 is 0 Å². The van der Waals surface area contributed by atoms with Crippen LogP contribution in [0.25, 0.3) is 4.91 Å². The summed E-state index contributed by atoms with van der Waals surface area (Å²) in [5.74, 6) is 1.19. The van der Waals surface area contributed by atoms with Crippen LogP contribution < -0.4 is 5.32 Å². The summed E-state index contributed by atoms with van der Waals surface area (Å²) in [5, 5.41) is 4.35. The number of halogens is 1. The number of nitrogens with zero attached hydrogens (tertiary/aromatic N) is 1. The zero-order valence-corrected chi connectivity index (χ0v) is 31.9. The standard InChI is InChI=1S/C27H29ClN2OS.C6H12.3C2H6.CH2O/c1-19-17-23(28)13-16-25(19)26(29-3)27(22-7-5-4-6-8-22)32-18-30-24-14-11-21(12-15-24)10-9-20(2)31;1-3-5-6-4-2;4*1-2/h4-8,11-16,19,30H,3,9-10,17-18H2,1-2H3;3,5H,4,6H2,1-2H3;3*1-2H3;1H2/b27-26-;5-3+;;;;/t19-;;;;;/m1...../s1. The summed E-state index contributed by atoms with van der Waals surface area (Å²) in [6.07, 6.45) is 13.0. The summed E-state index contributed by atoms with van der Waals surface area (Å²) in [4.78, 5) is 24.7. The van der Waals surface area contributed by atoms with E-state index in [9.17, 15) is 4.79 Å². The monoisotopic (exact) mass is 668 g/mol. The minimum absolute atomic E-state index is 0.218. The van der Waals surface area contributed by atoms with E-state index in [1.165, 1.54) is 18.4 Å². The number of carbonyl (C=O) groups is 2. The first kappa shape index (κ1) is 47.3. The summed E-state index contributed by atoms with van der Waals surface area (Å²) in [7, 11) is 0. The van der Waals surface area contributed by atoms with Gasteiger partial charge in [0.15, 0.2) is 0 Å². The van der Waals surface area contributed by atoms with Crippen molar-refractivity contribution in [1.82, 2.24) is 0 Å². The molecule has 1 N–H and O–H groups in total. The molecule has 0 unspecified atom stereocenters. The lowest BCUT2D eigenvalue weighted by atomic mass is 9.90. The lowest BCUT2D eigenvalue weighted by Gasteiger charge is -2.22. The van der Waals surface area contributed by atoms with Gasteiger partial charge in [-0.05, 0) is 80.7 Å². The van der Waals surface area contributed by atoms with Crippen LogP contribution in [0.4, 0.5) is 5.69 Å². The fourth-order valence-electron chi connectivity index (χ4n) is 3.93. The summed E-state index contributed by atoms with van der Waals surface area (Å²) in [5.41, 5.74) is 5.41. The number of rotatable bonds is 12. The number of aliphatic imine (C=N–C) groups is 1. The lowest BCUT2D eigenvalue weighted by Crippen LogP contribution is -2.07. The van der Waals surface area contributed by atoms with Gasteiger partial charge in [0, 0.05) is 22.0 Å². The summed E-state index contributed by atoms with van der Waals surface area (Å²) in [6, 6.07) is 18.6. The van der Waals surface area contributed by atoms with E-state index in [-0.39, 0.29) is 11.7 Å². The van der Waals surface area contributed by atoms with Crippen molar-refractivity contribution >= 4 is 53.2 Å². The normalized spacial score (nSPS) is 13.3. The molecule has 0 fully saturated rings. The fraction of sp³-hybridized carbons (Fsp3) is 0.425. The van der Waals surface area contributed by atoms with E-state index in [1.54, 1.807) is 18.7 Å². The van der Waals surface area contributed by atoms with Crippen LogP contribution in [0.15, 0.2) is 100 Å². The number of benzene rings is 2. The molecule has 1 aliphatic rings. The first-order chi connectivity index (χ1) is 22.4. The molecule has 4 nitrogen and oxygen atoms in total. The Morgan fingerprint density at radius 2 is 1.59 bits per heavy atom. The first-order valence-corrected chi connectivity index (χ1v) is 17.9. The molecule has 0 radical (unpaired) electrons. The molecule has 1 atom stereocenters. The molecule has 0 aliphatic heterocycles. The highest BCUT2D eigenvalue weighted by molar-refractivity contribution is 8.08. The van der Waals surface area contributed by atoms with Gasteiger partial charge in [-0.15, -0.1) is 11.8 Å². The van der Waals surface area contributed by atoms with Gasteiger partial charge in [0.05, 0.1) is 11.6 Å². The van der Waals surface area contributed by atoms with Gasteiger partial charge in [-0.1, -0.05) is 134 Å². The molecule has 2 aromatic carbocycles. The number of nitrogens with one attached hydrogen (secondary N) is 1. The molecular weight excluding hydrogens is 608 g/mol. The van der Waals surface area contributed by atoms with Crippen molar-refractivity contribution in [2.75, 3.05) is 11.2 Å². The molecule has 0 amide bonds. The van der Waals surface area contributed by atoms with Gasteiger partial charge in [-0.2, -0.15) is 0 Å². The SMILES string of the molecule is C/C=C/CCC.C=N/C(C1=CC=C(Cl)C[C@H]1C)=C(\SCNc1ccc(CCC(C)=O)cc1)c1ccccc1.C=O.CC.CC.CC. The number of aryl methyl sites for hydroxylation is 1. The van der Waals surface area contributed by atoms with Crippen LogP contribution in [0.3, 0.4) is 0 Å². The Morgan fingerprint density at radius 1 is 1.00 bits per heavy atom. The second-order valence-electron chi connectivity index (χ2n) is 9.26. The molecular formula is C40H61ClN2O2S. The zero-order chi connectivity index (χ0) is 35.8. The fourth-order valence-corrected chi connectivity index (χ4v) is 5.23. The smallest absolute Gasteiger partial charge is 0.130 e. The van der Waals surface area contributed by atoms with Crippen molar-refractivity contribution in [3.05, 3.63) is 106 Å². The van der Waals surface area contributed by atoms with Gasteiger partial charge in [0.1, 0.15) is 12.6 Å². The quantitative estimate of drug-likeness (QED) is 0.139. The summed E-state index contributed by atoms with van der Waals surface area (Å²) < 4.78 is 0. The Kier molecular flexibility index (Phi) is 34.1. The highest BCUT2D eigenvalue weighted by Crippen LogP contribution is 2.40. The molecule has 0 saturated heterocycles. The molecule has 1 aliphatic carbocycles. The molecule has 256 valence electrons. The van der Waals surface area contributed by atoms with Crippen molar-refractivity contribution in [3.8, 4) is 0 Å². The van der Waals surface area contributed by atoms with Crippen LogP contribution >= 0.6 is 23.4 Å². The number of hydrogen-bond donors (Lipinski definition) is 1. The van der Waals surface area contributed by atoms with Gasteiger partial charge in [0.25, 0.3) is 0 Å². The molecule has 0 spiro atoms. The second-order valence-corrected chi connectivity index (χ2v) is 10.7. The van der Waals surface area contributed by atoms with Crippen LogP contribution in [0.2, 0.25) is 0 Å². The number of unbranched alkanes of at least 4 members (excludes halogenated alkanes) is 1. The van der Waals surface area contributed by atoms with Gasteiger partial charge in [0.2, 0.25) is 0 Å².